The van der Waals surface area contributed by atoms with Crippen molar-refractivity contribution in [2.45, 2.75) is 36.9 Å². The van der Waals surface area contributed by atoms with E-state index in [4.69, 9.17) is 0 Å². The molecule has 110 valence electrons. The quantitative estimate of drug-likeness (QED) is 0.655. The molecule has 0 saturated heterocycles. The molecular formula is C15H17N3O2S. The zero-order valence-corrected chi connectivity index (χ0v) is 12.4. The Bertz CT molecular complexity index is 709. The zero-order chi connectivity index (χ0) is 14.7. The predicted molar refractivity (Wildman–Crippen MR) is 83.5 cm³/mol. The van der Waals surface area contributed by atoms with Crippen molar-refractivity contribution in [3.8, 4) is 0 Å². The molecule has 1 amide bonds. The van der Waals surface area contributed by atoms with Crippen LogP contribution in [0.4, 0.5) is 0 Å². The number of hydrogen-bond donors (Lipinski definition) is 2. The van der Waals surface area contributed by atoms with E-state index >= 15 is 0 Å². The first-order chi connectivity index (χ1) is 10.2. The predicted octanol–water partition coefficient (Wildman–Crippen LogP) is 2.07. The number of hydrogen-bond acceptors (Lipinski definition) is 4. The van der Waals surface area contributed by atoms with Crippen molar-refractivity contribution >= 4 is 28.6 Å². The van der Waals surface area contributed by atoms with Gasteiger partial charge in [0.25, 0.3) is 5.56 Å². The Kier molecular flexibility index (Phi) is 4.24. The van der Waals surface area contributed by atoms with Crippen molar-refractivity contribution in [1.29, 1.82) is 0 Å². The van der Waals surface area contributed by atoms with Gasteiger partial charge in [0, 0.05) is 18.2 Å². The molecule has 5 nitrogen and oxygen atoms in total. The Morgan fingerprint density at radius 3 is 2.95 bits per heavy atom. The number of fused-ring (bicyclic) bond motifs is 1. The summed E-state index contributed by atoms with van der Waals surface area (Å²) < 4.78 is 0. The van der Waals surface area contributed by atoms with Crippen LogP contribution in [-0.2, 0) is 4.79 Å². The second-order valence-corrected chi connectivity index (χ2v) is 6.27. The maximum atomic E-state index is 11.9. The lowest BCUT2D eigenvalue weighted by molar-refractivity contribution is -0.121. The molecule has 1 saturated carbocycles. The number of para-hydroxylation sites is 1. The van der Waals surface area contributed by atoms with E-state index in [9.17, 15) is 9.59 Å². The molecular weight excluding hydrogens is 286 g/mol. The van der Waals surface area contributed by atoms with E-state index in [1.54, 1.807) is 6.07 Å². The van der Waals surface area contributed by atoms with E-state index in [2.05, 4.69) is 15.3 Å². The van der Waals surface area contributed by atoms with Gasteiger partial charge in [0.15, 0.2) is 5.16 Å². The van der Waals surface area contributed by atoms with Crippen LogP contribution in [0.3, 0.4) is 0 Å². The van der Waals surface area contributed by atoms with E-state index < -0.39 is 0 Å². The average Bonchev–Trinajstić information content (AvgIpc) is 2.43. The summed E-state index contributed by atoms with van der Waals surface area (Å²) in [6.07, 6.45) is 3.84. The van der Waals surface area contributed by atoms with E-state index in [1.165, 1.54) is 18.2 Å². The number of aromatic nitrogens is 2. The highest BCUT2D eigenvalue weighted by Crippen LogP contribution is 2.19. The number of H-pyrrole nitrogens is 1. The molecule has 1 aliphatic rings. The number of nitrogens with zero attached hydrogens (tertiary/aromatic N) is 1. The number of carbonyl (C=O) groups excluding carboxylic acids is 1. The molecule has 2 N–H and O–H groups in total. The van der Waals surface area contributed by atoms with E-state index in [0.29, 0.717) is 34.3 Å². The lowest BCUT2D eigenvalue weighted by Crippen LogP contribution is -2.39. The summed E-state index contributed by atoms with van der Waals surface area (Å²) in [4.78, 5) is 30.7. The molecule has 0 atom stereocenters. The molecule has 0 spiro atoms. The van der Waals surface area contributed by atoms with Crippen molar-refractivity contribution in [2.75, 3.05) is 5.75 Å². The van der Waals surface area contributed by atoms with Crippen molar-refractivity contribution in [3.63, 3.8) is 0 Å². The third-order valence-corrected chi connectivity index (χ3v) is 4.50. The summed E-state index contributed by atoms with van der Waals surface area (Å²) in [5, 5.41) is 4.15. The lowest BCUT2D eigenvalue weighted by atomic mass is 9.93. The van der Waals surface area contributed by atoms with Gasteiger partial charge in [-0.2, -0.15) is 0 Å². The van der Waals surface area contributed by atoms with Gasteiger partial charge in [-0.3, -0.25) is 9.59 Å². The molecule has 1 aliphatic carbocycles. The van der Waals surface area contributed by atoms with E-state index in [0.717, 1.165) is 12.8 Å². The summed E-state index contributed by atoms with van der Waals surface area (Å²) in [6.45, 7) is 0. The number of benzene rings is 1. The Balaban J connectivity index is 1.57. The summed E-state index contributed by atoms with van der Waals surface area (Å²) in [5.74, 6) is 0.690. The van der Waals surface area contributed by atoms with Crippen molar-refractivity contribution in [1.82, 2.24) is 15.3 Å². The lowest BCUT2D eigenvalue weighted by Gasteiger charge is -2.26. The number of rotatable bonds is 5. The average molecular weight is 303 g/mol. The molecule has 21 heavy (non-hydrogen) atoms. The zero-order valence-electron chi connectivity index (χ0n) is 11.6. The van der Waals surface area contributed by atoms with Crippen molar-refractivity contribution in [3.05, 3.63) is 34.6 Å². The molecule has 1 fully saturated rings. The Morgan fingerprint density at radius 2 is 2.19 bits per heavy atom. The fourth-order valence-electron chi connectivity index (χ4n) is 2.23. The van der Waals surface area contributed by atoms with Crippen LogP contribution in [0.1, 0.15) is 25.7 Å². The molecule has 1 aromatic carbocycles. The highest BCUT2D eigenvalue weighted by atomic mass is 32.2. The van der Waals surface area contributed by atoms with Gasteiger partial charge >= 0.3 is 0 Å². The van der Waals surface area contributed by atoms with Crippen LogP contribution < -0.4 is 10.9 Å². The van der Waals surface area contributed by atoms with Crippen LogP contribution in [-0.4, -0.2) is 27.7 Å². The van der Waals surface area contributed by atoms with Crippen LogP contribution in [0.5, 0.6) is 0 Å². The number of amides is 1. The Labute approximate surface area is 126 Å². The minimum atomic E-state index is -0.137. The maximum Gasteiger partial charge on any atom is 0.259 e. The summed E-state index contributed by atoms with van der Waals surface area (Å²) >= 11 is 1.40. The molecule has 1 heterocycles. The van der Waals surface area contributed by atoms with E-state index in [-0.39, 0.29) is 11.5 Å². The largest absolute Gasteiger partial charge is 0.353 e. The third kappa shape index (κ3) is 3.44. The second kappa shape index (κ2) is 6.30. The Morgan fingerprint density at radius 1 is 1.38 bits per heavy atom. The van der Waals surface area contributed by atoms with Crippen LogP contribution >= 0.6 is 11.8 Å². The molecule has 2 aromatic rings. The minimum absolute atomic E-state index is 0.0790. The van der Waals surface area contributed by atoms with Crippen molar-refractivity contribution in [2.24, 2.45) is 0 Å². The fraction of sp³-hybridized carbons (Fsp3) is 0.400. The molecule has 6 heteroatoms. The number of thioether (sulfide) groups is 1. The highest BCUT2D eigenvalue weighted by Gasteiger charge is 2.18. The number of nitrogens with one attached hydrogen (secondary N) is 2. The van der Waals surface area contributed by atoms with Crippen LogP contribution in [0, 0.1) is 0 Å². The van der Waals surface area contributed by atoms with Crippen molar-refractivity contribution < 1.29 is 4.79 Å². The van der Waals surface area contributed by atoms with Gasteiger partial charge in [0.05, 0.1) is 10.9 Å². The van der Waals surface area contributed by atoms with Gasteiger partial charge in [-0.25, -0.2) is 4.98 Å². The first-order valence-electron chi connectivity index (χ1n) is 7.13. The highest BCUT2D eigenvalue weighted by molar-refractivity contribution is 7.99. The smallest absolute Gasteiger partial charge is 0.259 e. The first-order valence-corrected chi connectivity index (χ1v) is 8.12. The summed E-state index contributed by atoms with van der Waals surface area (Å²) in [7, 11) is 0. The first kappa shape index (κ1) is 14.1. The number of carbonyl (C=O) groups is 1. The Hall–Kier alpha value is -1.82. The SMILES string of the molecule is O=C(CCSc1nc2ccccc2c(=O)[nH]1)NC1CCC1. The van der Waals surface area contributed by atoms with E-state index in [1.807, 2.05) is 18.2 Å². The van der Waals surface area contributed by atoms with Gasteiger partial charge in [-0.15, -0.1) is 0 Å². The minimum Gasteiger partial charge on any atom is -0.353 e. The monoisotopic (exact) mass is 303 g/mol. The van der Waals surface area contributed by atoms with Gasteiger partial charge < -0.3 is 10.3 Å². The number of aromatic amines is 1. The van der Waals surface area contributed by atoms with Gasteiger partial charge in [0.1, 0.15) is 0 Å². The molecule has 0 bridgehead atoms. The molecule has 1 aromatic heterocycles. The van der Waals surface area contributed by atoms with Gasteiger partial charge in [0.2, 0.25) is 5.91 Å². The van der Waals surface area contributed by atoms with Gasteiger partial charge in [-0.05, 0) is 31.4 Å². The normalized spacial score (nSPS) is 14.9. The standard InChI is InChI=1S/C15H17N3O2S/c19-13(16-10-4-3-5-10)8-9-21-15-17-12-7-2-1-6-11(12)14(20)18-15/h1-2,6-7,10H,3-5,8-9H2,(H,16,19)(H,17,18,20). The molecule has 0 unspecified atom stereocenters. The molecule has 3 rings (SSSR count). The maximum absolute atomic E-state index is 11.9. The van der Waals surface area contributed by atoms with Crippen LogP contribution in [0.2, 0.25) is 0 Å². The topological polar surface area (TPSA) is 74.8 Å². The fourth-order valence-corrected chi connectivity index (χ4v) is 3.03. The van der Waals surface area contributed by atoms with Crippen LogP contribution in [0.15, 0.2) is 34.2 Å². The van der Waals surface area contributed by atoms with Crippen LogP contribution in [0.25, 0.3) is 10.9 Å². The molecule has 0 radical (unpaired) electrons. The van der Waals surface area contributed by atoms with Gasteiger partial charge in [-0.1, -0.05) is 23.9 Å². The summed E-state index contributed by atoms with van der Waals surface area (Å²) in [6, 6.07) is 7.62. The molecule has 0 aliphatic heterocycles. The third-order valence-electron chi connectivity index (χ3n) is 3.63. The summed E-state index contributed by atoms with van der Waals surface area (Å²) in [5.41, 5.74) is 0.546. The second-order valence-electron chi connectivity index (χ2n) is 5.18.